The van der Waals surface area contributed by atoms with Crippen molar-refractivity contribution in [2.45, 2.75) is 24.5 Å². The summed E-state index contributed by atoms with van der Waals surface area (Å²) in [5, 5.41) is 3.26. The van der Waals surface area contributed by atoms with Crippen molar-refractivity contribution in [2.75, 3.05) is 39.9 Å². The van der Waals surface area contributed by atoms with E-state index in [0.29, 0.717) is 32.5 Å². The second-order valence-electron chi connectivity index (χ2n) is 6.11. The largest absolute Gasteiger partial charge is 0.370 e. The van der Waals surface area contributed by atoms with Crippen LogP contribution in [0.3, 0.4) is 0 Å². The fraction of sp³-hybridized carbons (Fsp3) is 0.588. The molecule has 3 rings (SSSR count). The lowest BCUT2D eigenvalue weighted by molar-refractivity contribution is -0.165. The topological polar surface area (TPSA) is 50.8 Å². The number of nitrogens with one attached hydrogen (secondary N) is 1. The van der Waals surface area contributed by atoms with Gasteiger partial charge in [-0.3, -0.25) is 4.79 Å². The zero-order valence-corrected chi connectivity index (χ0v) is 14.6. The molecular weight excluding hydrogens is 335 g/mol. The number of ether oxygens (including phenoxy) is 2. The van der Waals surface area contributed by atoms with Crippen molar-refractivity contribution >= 4 is 18.3 Å². The summed E-state index contributed by atoms with van der Waals surface area (Å²) in [5.41, 5.74) is 0.163. The molecule has 1 unspecified atom stereocenters. The highest BCUT2D eigenvalue weighted by molar-refractivity contribution is 5.86. The first-order valence-corrected chi connectivity index (χ1v) is 8.07. The zero-order valence-electron chi connectivity index (χ0n) is 13.8. The molecule has 0 saturated carbocycles. The SMILES string of the molecule is COC1(C(=O)N2CCOC(c3ccc(F)cc3)C2)CCNCC1.Cl. The summed E-state index contributed by atoms with van der Waals surface area (Å²) >= 11 is 0. The number of amides is 1. The van der Waals surface area contributed by atoms with Gasteiger partial charge < -0.3 is 19.7 Å². The van der Waals surface area contributed by atoms with Crippen LogP contribution < -0.4 is 5.32 Å². The Kier molecular flexibility index (Phi) is 6.57. The van der Waals surface area contributed by atoms with E-state index in [1.165, 1.54) is 12.1 Å². The van der Waals surface area contributed by atoms with Crippen LogP contribution >= 0.6 is 12.4 Å². The quantitative estimate of drug-likeness (QED) is 0.897. The Labute approximate surface area is 147 Å². The van der Waals surface area contributed by atoms with Gasteiger partial charge in [0, 0.05) is 13.7 Å². The number of halogens is 2. The Hall–Kier alpha value is -1.21. The van der Waals surface area contributed by atoms with E-state index in [4.69, 9.17) is 9.47 Å². The molecule has 134 valence electrons. The Morgan fingerprint density at radius 3 is 2.62 bits per heavy atom. The molecule has 0 bridgehead atoms. The highest BCUT2D eigenvalue weighted by Gasteiger charge is 2.43. The van der Waals surface area contributed by atoms with Crippen molar-refractivity contribution in [3.05, 3.63) is 35.6 Å². The van der Waals surface area contributed by atoms with Gasteiger partial charge in [-0.05, 0) is 43.6 Å². The van der Waals surface area contributed by atoms with Gasteiger partial charge in [-0.15, -0.1) is 12.4 Å². The first kappa shape index (κ1) is 19.1. The number of rotatable bonds is 3. The van der Waals surface area contributed by atoms with Crippen LogP contribution in [0.1, 0.15) is 24.5 Å². The highest BCUT2D eigenvalue weighted by Crippen LogP contribution is 2.29. The summed E-state index contributed by atoms with van der Waals surface area (Å²) in [7, 11) is 1.61. The molecule has 2 aliphatic heterocycles. The summed E-state index contributed by atoms with van der Waals surface area (Å²) in [5.74, 6) is -0.234. The van der Waals surface area contributed by atoms with Crippen molar-refractivity contribution in [3.8, 4) is 0 Å². The molecule has 5 nitrogen and oxygen atoms in total. The normalized spacial score (nSPS) is 23.4. The van der Waals surface area contributed by atoms with Crippen molar-refractivity contribution in [1.29, 1.82) is 0 Å². The lowest BCUT2D eigenvalue weighted by Gasteiger charge is -2.41. The molecule has 1 aromatic carbocycles. The van der Waals surface area contributed by atoms with Gasteiger partial charge in [0.05, 0.1) is 13.2 Å². The number of hydrogen-bond acceptors (Lipinski definition) is 4. The minimum absolute atomic E-state index is 0. The van der Waals surface area contributed by atoms with Gasteiger partial charge in [-0.2, -0.15) is 0 Å². The number of nitrogens with zero attached hydrogens (tertiary/aromatic N) is 1. The van der Waals surface area contributed by atoms with Gasteiger partial charge in [-0.25, -0.2) is 4.39 Å². The number of piperidine rings is 1. The molecule has 1 amide bonds. The molecule has 0 spiro atoms. The molecule has 2 fully saturated rings. The van der Waals surface area contributed by atoms with E-state index < -0.39 is 5.60 Å². The minimum Gasteiger partial charge on any atom is -0.370 e. The summed E-state index contributed by atoms with van der Waals surface area (Å²) in [6.45, 7) is 3.08. The van der Waals surface area contributed by atoms with Crippen molar-refractivity contribution in [2.24, 2.45) is 0 Å². The lowest BCUT2D eigenvalue weighted by Crippen LogP contribution is -2.57. The second-order valence-corrected chi connectivity index (χ2v) is 6.11. The van der Waals surface area contributed by atoms with E-state index in [1.807, 2.05) is 4.90 Å². The third-order valence-electron chi connectivity index (χ3n) is 4.79. The van der Waals surface area contributed by atoms with Crippen LogP contribution in [0.15, 0.2) is 24.3 Å². The van der Waals surface area contributed by atoms with Gasteiger partial charge >= 0.3 is 0 Å². The summed E-state index contributed by atoms with van der Waals surface area (Å²) < 4.78 is 24.5. The van der Waals surface area contributed by atoms with Gasteiger partial charge in [0.15, 0.2) is 0 Å². The van der Waals surface area contributed by atoms with Crippen LogP contribution in [0.4, 0.5) is 4.39 Å². The average molecular weight is 359 g/mol. The number of hydrogen-bond donors (Lipinski definition) is 1. The highest BCUT2D eigenvalue weighted by atomic mass is 35.5. The van der Waals surface area contributed by atoms with Gasteiger partial charge in [0.25, 0.3) is 5.91 Å². The summed E-state index contributed by atoms with van der Waals surface area (Å²) in [6, 6.07) is 6.26. The first-order chi connectivity index (χ1) is 11.1. The Bertz CT molecular complexity index is 549. The molecule has 1 N–H and O–H groups in total. The predicted molar refractivity (Wildman–Crippen MR) is 90.8 cm³/mol. The van der Waals surface area contributed by atoms with E-state index in [2.05, 4.69) is 5.32 Å². The molecule has 2 heterocycles. The van der Waals surface area contributed by atoms with E-state index in [1.54, 1.807) is 19.2 Å². The van der Waals surface area contributed by atoms with Gasteiger partial charge in [-0.1, -0.05) is 12.1 Å². The fourth-order valence-corrected chi connectivity index (χ4v) is 3.34. The van der Waals surface area contributed by atoms with Crippen LogP contribution in [0.5, 0.6) is 0 Å². The van der Waals surface area contributed by atoms with Gasteiger partial charge in [0.1, 0.15) is 17.5 Å². The summed E-state index contributed by atoms with van der Waals surface area (Å²) in [6.07, 6.45) is 1.14. The number of methoxy groups -OCH3 is 1. The second kappa shape index (κ2) is 8.25. The minimum atomic E-state index is -0.726. The molecule has 2 saturated heterocycles. The zero-order chi connectivity index (χ0) is 16.3. The van der Waals surface area contributed by atoms with Crippen LogP contribution in [0.2, 0.25) is 0 Å². The van der Waals surface area contributed by atoms with Crippen molar-refractivity contribution in [1.82, 2.24) is 10.2 Å². The molecule has 0 radical (unpaired) electrons. The smallest absolute Gasteiger partial charge is 0.255 e. The van der Waals surface area contributed by atoms with E-state index in [9.17, 15) is 9.18 Å². The average Bonchev–Trinajstić information content (AvgIpc) is 2.62. The van der Waals surface area contributed by atoms with Crippen LogP contribution in [0, 0.1) is 5.82 Å². The van der Waals surface area contributed by atoms with E-state index in [-0.39, 0.29) is 30.2 Å². The third kappa shape index (κ3) is 3.88. The van der Waals surface area contributed by atoms with E-state index in [0.717, 1.165) is 18.7 Å². The lowest BCUT2D eigenvalue weighted by atomic mass is 9.90. The molecule has 2 aliphatic rings. The molecule has 1 aromatic rings. The number of benzene rings is 1. The number of carbonyl (C=O) groups is 1. The molecule has 24 heavy (non-hydrogen) atoms. The standard InChI is InChI=1S/C17H23FN2O3.ClH/c1-22-17(6-8-19-9-7-17)16(21)20-10-11-23-15(12-20)13-2-4-14(18)5-3-13;/h2-5,15,19H,6-12H2,1H3;1H. The maximum Gasteiger partial charge on any atom is 0.255 e. The molecule has 1 atom stereocenters. The Morgan fingerprint density at radius 1 is 1.33 bits per heavy atom. The maximum atomic E-state index is 13.1. The molecule has 0 aliphatic carbocycles. The number of morpholine rings is 1. The molecular formula is C17H24ClFN2O3. The number of carbonyl (C=O) groups excluding carboxylic acids is 1. The monoisotopic (exact) mass is 358 g/mol. The molecule has 7 heteroatoms. The third-order valence-corrected chi connectivity index (χ3v) is 4.79. The maximum absolute atomic E-state index is 13.1. The van der Waals surface area contributed by atoms with Gasteiger partial charge in [0.2, 0.25) is 0 Å². The predicted octanol–water partition coefficient (Wildman–Crippen LogP) is 1.92. The fourth-order valence-electron chi connectivity index (χ4n) is 3.34. The van der Waals surface area contributed by atoms with E-state index >= 15 is 0 Å². The first-order valence-electron chi connectivity index (χ1n) is 8.07. The van der Waals surface area contributed by atoms with Crippen molar-refractivity contribution in [3.63, 3.8) is 0 Å². The van der Waals surface area contributed by atoms with Crippen LogP contribution in [-0.2, 0) is 14.3 Å². The van der Waals surface area contributed by atoms with Crippen LogP contribution in [0.25, 0.3) is 0 Å². The Morgan fingerprint density at radius 2 is 2.00 bits per heavy atom. The van der Waals surface area contributed by atoms with Crippen molar-refractivity contribution < 1.29 is 18.7 Å². The Balaban J connectivity index is 0.00000208. The van der Waals surface area contributed by atoms with Crippen LogP contribution in [-0.4, -0.2) is 56.3 Å². The summed E-state index contributed by atoms with van der Waals surface area (Å²) in [4.78, 5) is 14.8. The molecule has 0 aromatic heterocycles.